The van der Waals surface area contributed by atoms with Crippen LogP contribution in [-0.4, -0.2) is 22.6 Å². The Labute approximate surface area is 108 Å². The topological polar surface area (TPSA) is 106 Å². The van der Waals surface area contributed by atoms with E-state index in [-0.39, 0.29) is 22.6 Å². The first-order chi connectivity index (χ1) is 9.15. The van der Waals surface area contributed by atoms with Gasteiger partial charge in [-0.1, -0.05) is 18.2 Å². The molecule has 2 rings (SSSR count). The maximum Gasteiger partial charge on any atom is 0.336 e. The van der Waals surface area contributed by atoms with Crippen molar-refractivity contribution in [3.63, 3.8) is 0 Å². The largest absolute Gasteiger partial charge is 0.478 e. The van der Waals surface area contributed by atoms with E-state index in [1.54, 1.807) is 18.2 Å². The molecule has 0 aliphatic heterocycles. The zero-order valence-electron chi connectivity index (χ0n) is 9.74. The summed E-state index contributed by atoms with van der Waals surface area (Å²) in [5.41, 5.74) is -0.0570. The van der Waals surface area contributed by atoms with Gasteiger partial charge in [0.2, 0.25) is 5.78 Å². The highest BCUT2D eigenvalue weighted by atomic mass is 16.4. The van der Waals surface area contributed by atoms with E-state index in [4.69, 9.17) is 15.4 Å². The zero-order valence-corrected chi connectivity index (χ0v) is 9.74. The zero-order chi connectivity index (χ0) is 13.8. The average molecular weight is 258 g/mol. The first kappa shape index (κ1) is 12.6. The molecule has 0 bridgehead atoms. The Morgan fingerprint density at radius 1 is 1.11 bits per heavy atom. The van der Waals surface area contributed by atoms with Gasteiger partial charge in [0, 0.05) is 5.56 Å². The Kier molecular flexibility index (Phi) is 3.42. The smallest absolute Gasteiger partial charge is 0.336 e. The van der Waals surface area contributed by atoms with E-state index in [0.717, 1.165) is 0 Å². The van der Waals surface area contributed by atoms with Gasteiger partial charge in [0.1, 0.15) is 5.71 Å². The van der Waals surface area contributed by atoms with E-state index < -0.39 is 11.8 Å². The summed E-state index contributed by atoms with van der Waals surface area (Å²) in [5, 5.41) is 12.5. The van der Waals surface area contributed by atoms with Gasteiger partial charge in [-0.3, -0.25) is 4.79 Å². The third-order valence-corrected chi connectivity index (χ3v) is 2.50. The van der Waals surface area contributed by atoms with Crippen LogP contribution in [0.1, 0.15) is 26.5 Å². The molecule has 1 aromatic carbocycles. The Hall–Kier alpha value is -2.89. The van der Waals surface area contributed by atoms with Crippen LogP contribution in [0.2, 0.25) is 0 Å². The molecule has 0 aliphatic rings. The van der Waals surface area contributed by atoms with Crippen LogP contribution >= 0.6 is 0 Å². The number of nitrogens with zero attached hydrogens (tertiary/aromatic N) is 1. The van der Waals surface area contributed by atoms with Crippen LogP contribution in [-0.2, 0) is 0 Å². The van der Waals surface area contributed by atoms with Crippen molar-refractivity contribution in [1.29, 1.82) is 0 Å². The average Bonchev–Trinajstić information content (AvgIpc) is 2.93. The summed E-state index contributed by atoms with van der Waals surface area (Å²) in [6.45, 7) is 0. The molecule has 0 saturated carbocycles. The van der Waals surface area contributed by atoms with Gasteiger partial charge in [0.05, 0.1) is 11.8 Å². The van der Waals surface area contributed by atoms with Crippen LogP contribution in [0.15, 0.2) is 52.2 Å². The molecule has 6 nitrogen and oxygen atoms in total. The normalized spacial score (nSPS) is 11.3. The fraction of sp³-hybridized carbons (Fsp3) is 0. The minimum Gasteiger partial charge on any atom is -0.478 e. The number of hydrazone groups is 1. The molecule has 0 spiro atoms. The van der Waals surface area contributed by atoms with Crippen molar-refractivity contribution in [1.82, 2.24) is 0 Å². The summed E-state index contributed by atoms with van der Waals surface area (Å²) in [6, 6.07) is 9.00. The van der Waals surface area contributed by atoms with Gasteiger partial charge >= 0.3 is 5.97 Å². The lowest BCUT2D eigenvalue weighted by Crippen LogP contribution is -2.20. The summed E-state index contributed by atoms with van der Waals surface area (Å²) < 4.78 is 4.97. The summed E-state index contributed by atoms with van der Waals surface area (Å²) in [4.78, 5) is 23.2. The molecule has 0 radical (unpaired) electrons. The highest BCUT2D eigenvalue weighted by molar-refractivity contribution is 6.51. The number of furan rings is 1. The number of benzene rings is 1. The van der Waals surface area contributed by atoms with Gasteiger partial charge in [-0.15, -0.1) is 0 Å². The molecule has 6 heteroatoms. The number of nitrogens with two attached hydrogens (primary N) is 1. The molecule has 0 amide bonds. The number of ketones is 1. The molecule has 2 aromatic rings. The Bertz CT molecular complexity index is 644. The SMILES string of the molecule is N/N=C(/C(=O)c1ccco1)c1ccccc1C(=O)O. The highest BCUT2D eigenvalue weighted by Crippen LogP contribution is 2.14. The molecule has 0 atom stereocenters. The lowest BCUT2D eigenvalue weighted by molar-refractivity contribution is 0.0696. The molecule has 0 fully saturated rings. The van der Waals surface area contributed by atoms with Crippen LogP contribution < -0.4 is 5.84 Å². The van der Waals surface area contributed by atoms with Crippen molar-refractivity contribution < 1.29 is 19.1 Å². The van der Waals surface area contributed by atoms with E-state index in [2.05, 4.69) is 5.10 Å². The number of hydrogen-bond donors (Lipinski definition) is 2. The van der Waals surface area contributed by atoms with Crippen molar-refractivity contribution in [3.05, 3.63) is 59.5 Å². The number of carbonyl (C=O) groups excluding carboxylic acids is 1. The van der Waals surface area contributed by atoms with Crippen molar-refractivity contribution in [2.24, 2.45) is 10.9 Å². The number of carboxylic acid groups (broad SMARTS) is 1. The van der Waals surface area contributed by atoms with Crippen LogP contribution in [0, 0.1) is 0 Å². The molecule has 0 aliphatic carbocycles. The second-order valence-corrected chi connectivity index (χ2v) is 3.63. The molecule has 0 unspecified atom stereocenters. The minimum absolute atomic E-state index is 0.0457. The number of carbonyl (C=O) groups is 2. The summed E-state index contributed by atoms with van der Waals surface area (Å²) in [7, 11) is 0. The van der Waals surface area contributed by atoms with Crippen molar-refractivity contribution in [2.45, 2.75) is 0 Å². The monoisotopic (exact) mass is 258 g/mol. The molecule has 96 valence electrons. The van der Waals surface area contributed by atoms with Crippen molar-refractivity contribution in [3.8, 4) is 0 Å². The molecule has 3 N–H and O–H groups in total. The Morgan fingerprint density at radius 3 is 2.32 bits per heavy atom. The van der Waals surface area contributed by atoms with Crippen molar-refractivity contribution in [2.75, 3.05) is 0 Å². The third-order valence-electron chi connectivity index (χ3n) is 2.50. The minimum atomic E-state index is -1.16. The standard InChI is InChI=1S/C13H10N2O4/c14-15-11(12(16)10-6-3-7-19-10)8-4-1-2-5-9(8)13(17)18/h1-7H,14H2,(H,17,18)/b15-11+. The van der Waals surface area contributed by atoms with Gasteiger partial charge in [0.25, 0.3) is 0 Å². The Balaban J connectivity index is 2.50. The lowest BCUT2D eigenvalue weighted by Gasteiger charge is -2.06. The highest BCUT2D eigenvalue weighted by Gasteiger charge is 2.23. The van der Waals surface area contributed by atoms with E-state index in [1.807, 2.05) is 0 Å². The molecular formula is C13H10N2O4. The second-order valence-electron chi connectivity index (χ2n) is 3.63. The third kappa shape index (κ3) is 2.37. The fourth-order valence-electron chi connectivity index (χ4n) is 1.65. The van der Waals surface area contributed by atoms with Crippen LogP contribution in [0.25, 0.3) is 0 Å². The van der Waals surface area contributed by atoms with Gasteiger partial charge in [-0.2, -0.15) is 5.10 Å². The number of rotatable bonds is 4. The van der Waals surface area contributed by atoms with E-state index >= 15 is 0 Å². The number of Topliss-reactive ketones (excluding diaryl/α,β-unsaturated/α-hetero) is 1. The molecule has 19 heavy (non-hydrogen) atoms. The maximum atomic E-state index is 12.1. The molecule has 0 saturated heterocycles. The molecular weight excluding hydrogens is 248 g/mol. The fourth-order valence-corrected chi connectivity index (χ4v) is 1.65. The van der Waals surface area contributed by atoms with Crippen LogP contribution in [0.3, 0.4) is 0 Å². The van der Waals surface area contributed by atoms with E-state index in [0.29, 0.717) is 0 Å². The number of hydrogen-bond acceptors (Lipinski definition) is 5. The van der Waals surface area contributed by atoms with Crippen LogP contribution in [0.5, 0.6) is 0 Å². The van der Waals surface area contributed by atoms with Gasteiger partial charge in [0.15, 0.2) is 5.76 Å². The maximum absolute atomic E-state index is 12.1. The first-order valence-corrected chi connectivity index (χ1v) is 5.34. The van der Waals surface area contributed by atoms with Crippen LogP contribution in [0.4, 0.5) is 0 Å². The predicted molar refractivity (Wildman–Crippen MR) is 67.2 cm³/mol. The first-order valence-electron chi connectivity index (χ1n) is 5.34. The number of carboxylic acids is 1. The quantitative estimate of drug-likeness (QED) is 0.374. The second kappa shape index (κ2) is 5.18. The molecule has 1 heterocycles. The van der Waals surface area contributed by atoms with E-state index in [1.165, 1.54) is 24.5 Å². The molecule has 1 aromatic heterocycles. The van der Waals surface area contributed by atoms with Gasteiger partial charge < -0.3 is 15.4 Å². The lowest BCUT2D eigenvalue weighted by atomic mass is 9.99. The summed E-state index contributed by atoms with van der Waals surface area (Å²) in [6.07, 6.45) is 1.34. The van der Waals surface area contributed by atoms with E-state index in [9.17, 15) is 9.59 Å². The van der Waals surface area contributed by atoms with Gasteiger partial charge in [-0.25, -0.2) is 4.79 Å². The van der Waals surface area contributed by atoms with Crippen molar-refractivity contribution >= 4 is 17.5 Å². The predicted octanol–water partition coefficient (Wildman–Crippen LogP) is 1.52. The summed E-state index contributed by atoms with van der Waals surface area (Å²) in [5.74, 6) is 3.53. The summed E-state index contributed by atoms with van der Waals surface area (Å²) >= 11 is 0. The van der Waals surface area contributed by atoms with Gasteiger partial charge in [-0.05, 0) is 18.2 Å². The Morgan fingerprint density at radius 2 is 1.79 bits per heavy atom. The number of aromatic carboxylic acids is 1.